The Labute approximate surface area is 237 Å². The summed E-state index contributed by atoms with van der Waals surface area (Å²) >= 11 is 4.41. The summed E-state index contributed by atoms with van der Waals surface area (Å²) in [6, 6.07) is 23.6. The van der Waals surface area contributed by atoms with E-state index in [1.807, 2.05) is 85.1 Å². The molecule has 0 unspecified atom stereocenters. The normalized spacial score (nSPS) is 12.1. The highest BCUT2D eigenvalue weighted by molar-refractivity contribution is 8.00. The minimum atomic E-state index is -0.0514. The van der Waals surface area contributed by atoms with Crippen LogP contribution in [0.4, 0.5) is 22.2 Å². The van der Waals surface area contributed by atoms with Crippen LogP contribution in [0.25, 0.3) is 0 Å². The van der Waals surface area contributed by atoms with E-state index in [9.17, 15) is 4.79 Å². The Kier molecular flexibility index (Phi) is 7.53. The summed E-state index contributed by atoms with van der Waals surface area (Å²) in [7, 11) is 0. The zero-order valence-corrected chi connectivity index (χ0v) is 23.3. The van der Waals surface area contributed by atoms with E-state index in [4.69, 9.17) is 9.15 Å². The molecule has 0 saturated heterocycles. The number of carbonyl (C=O) groups is 1. The lowest BCUT2D eigenvalue weighted by molar-refractivity contribution is -0.115. The number of amides is 1. The largest absolute Gasteiger partial charge is 0.494 e. The molecule has 1 aliphatic rings. The number of hydrogen-bond acceptors (Lipinski definition) is 10. The molecule has 3 aromatic carbocycles. The van der Waals surface area contributed by atoms with Crippen LogP contribution >= 0.6 is 34.9 Å². The number of ether oxygens (including phenoxy) is 1. The van der Waals surface area contributed by atoms with Crippen molar-refractivity contribution in [2.75, 3.05) is 22.6 Å². The third-order valence-electron chi connectivity index (χ3n) is 5.75. The first-order chi connectivity index (χ1) is 19.2. The Bertz CT molecular complexity index is 1560. The van der Waals surface area contributed by atoms with Crippen LogP contribution < -0.4 is 15.0 Å². The standard InChI is InChI=1S/C28H23N5O3S3/c1-2-35-20-13-11-18(12-14-20)29-27-30-19(16-37-27)15-25-31-32-28(36-25)38-17-26(34)33-21-7-3-5-9-23(21)39-24-10-6-4-8-22(24)33/h3-14,16H,2,15,17H2,1H3,(H,29,30). The van der Waals surface area contributed by atoms with Crippen LogP contribution in [-0.4, -0.2) is 33.4 Å². The fourth-order valence-electron chi connectivity index (χ4n) is 4.05. The number of anilines is 4. The zero-order chi connectivity index (χ0) is 26.6. The SMILES string of the molecule is CCOc1ccc(Nc2nc(Cc3nnc(SCC(=O)N4c5ccccc5Sc5ccccc54)o3)cs2)cc1. The summed E-state index contributed by atoms with van der Waals surface area (Å²) in [5, 5.41) is 14.7. The summed E-state index contributed by atoms with van der Waals surface area (Å²) in [5.74, 6) is 1.40. The summed E-state index contributed by atoms with van der Waals surface area (Å²) in [6.45, 7) is 2.59. The molecular weight excluding hydrogens is 551 g/mol. The van der Waals surface area contributed by atoms with Crippen molar-refractivity contribution in [3.05, 3.63) is 89.8 Å². The van der Waals surface area contributed by atoms with Crippen molar-refractivity contribution >= 4 is 63.0 Å². The maximum Gasteiger partial charge on any atom is 0.277 e. The molecule has 0 spiro atoms. The van der Waals surface area contributed by atoms with Crippen LogP contribution in [0.3, 0.4) is 0 Å². The van der Waals surface area contributed by atoms with E-state index in [2.05, 4.69) is 20.5 Å². The van der Waals surface area contributed by atoms with Crippen LogP contribution in [0.1, 0.15) is 18.5 Å². The first-order valence-corrected chi connectivity index (χ1v) is 14.9. The molecule has 0 bridgehead atoms. The lowest BCUT2D eigenvalue weighted by Crippen LogP contribution is -2.29. The van der Waals surface area contributed by atoms with Gasteiger partial charge in [-0.2, -0.15) is 0 Å². The number of thioether (sulfide) groups is 1. The Morgan fingerprint density at radius 3 is 2.44 bits per heavy atom. The second-order valence-corrected chi connectivity index (χ2v) is 11.3. The summed E-state index contributed by atoms with van der Waals surface area (Å²) in [5.41, 5.74) is 3.52. The number of benzene rings is 3. The smallest absolute Gasteiger partial charge is 0.277 e. The first kappa shape index (κ1) is 25.5. The number of fused-ring (bicyclic) bond motifs is 2. The number of nitrogens with zero attached hydrogens (tertiary/aromatic N) is 4. The van der Waals surface area contributed by atoms with E-state index in [0.717, 1.165) is 43.4 Å². The van der Waals surface area contributed by atoms with Crippen molar-refractivity contribution < 1.29 is 13.9 Å². The van der Waals surface area contributed by atoms with E-state index in [1.165, 1.54) is 23.1 Å². The molecule has 0 radical (unpaired) electrons. The molecule has 196 valence electrons. The molecule has 0 aliphatic carbocycles. The van der Waals surface area contributed by atoms with Crippen molar-refractivity contribution in [2.45, 2.75) is 28.4 Å². The van der Waals surface area contributed by atoms with Crippen molar-refractivity contribution in [1.29, 1.82) is 0 Å². The minimum Gasteiger partial charge on any atom is -0.494 e. The van der Waals surface area contributed by atoms with E-state index >= 15 is 0 Å². The molecule has 0 fully saturated rings. The molecule has 2 aromatic heterocycles. The Morgan fingerprint density at radius 2 is 1.72 bits per heavy atom. The van der Waals surface area contributed by atoms with E-state index in [-0.39, 0.29) is 11.7 Å². The van der Waals surface area contributed by atoms with Crippen LogP contribution in [-0.2, 0) is 11.2 Å². The Balaban J connectivity index is 1.07. The quantitative estimate of drug-likeness (QED) is 0.184. The zero-order valence-electron chi connectivity index (χ0n) is 20.9. The lowest BCUT2D eigenvalue weighted by Gasteiger charge is -2.30. The number of nitrogens with one attached hydrogen (secondary N) is 1. The second-order valence-electron chi connectivity index (χ2n) is 8.42. The monoisotopic (exact) mass is 573 g/mol. The summed E-state index contributed by atoms with van der Waals surface area (Å²) in [6.07, 6.45) is 0.410. The molecule has 11 heteroatoms. The van der Waals surface area contributed by atoms with E-state index in [0.29, 0.717) is 24.1 Å². The highest BCUT2D eigenvalue weighted by Gasteiger charge is 2.28. The first-order valence-electron chi connectivity index (χ1n) is 12.2. The highest BCUT2D eigenvalue weighted by atomic mass is 32.2. The van der Waals surface area contributed by atoms with E-state index < -0.39 is 0 Å². The van der Waals surface area contributed by atoms with Gasteiger partial charge in [0.15, 0.2) is 5.13 Å². The van der Waals surface area contributed by atoms with Crippen LogP contribution in [0.15, 0.2) is 97.6 Å². The lowest BCUT2D eigenvalue weighted by atomic mass is 10.2. The molecule has 0 saturated carbocycles. The molecular formula is C28H23N5O3S3. The van der Waals surface area contributed by atoms with Crippen molar-refractivity contribution in [3.63, 3.8) is 0 Å². The van der Waals surface area contributed by atoms with Gasteiger partial charge in [0.1, 0.15) is 5.75 Å². The van der Waals surface area contributed by atoms with E-state index in [1.54, 1.807) is 16.7 Å². The van der Waals surface area contributed by atoms with Gasteiger partial charge in [0, 0.05) is 20.9 Å². The molecule has 5 aromatic rings. The fourth-order valence-corrected chi connectivity index (χ4v) is 6.47. The van der Waals surface area contributed by atoms with Crippen molar-refractivity contribution in [2.24, 2.45) is 0 Å². The second kappa shape index (κ2) is 11.5. The Morgan fingerprint density at radius 1 is 1.00 bits per heavy atom. The number of para-hydroxylation sites is 2. The number of carbonyl (C=O) groups excluding carboxylic acids is 1. The molecule has 1 aliphatic heterocycles. The third-order valence-corrected chi connectivity index (χ3v) is 8.49. The fraction of sp³-hybridized carbons (Fsp3) is 0.143. The molecule has 3 heterocycles. The number of rotatable bonds is 9. The van der Waals surface area contributed by atoms with Gasteiger partial charge in [-0.1, -0.05) is 47.8 Å². The Hall–Kier alpha value is -3.80. The highest BCUT2D eigenvalue weighted by Crippen LogP contribution is 2.48. The van der Waals surface area contributed by atoms with Gasteiger partial charge >= 0.3 is 0 Å². The summed E-state index contributed by atoms with van der Waals surface area (Å²) < 4.78 is 11.3. The van der Waals surface area contributed by atoms with Gasteiger partial charge in [0.05, 0.1) is 35.8 Å². The summed E-state index contributed by atoms with van der Waals surface area (Å²) in [4.78, 5) is 21.9. The minimum absolute atomic E-state index is 0.0514. The van der Waals surface area contributed by atoms with Crippen LogP contribution in [0.5, 0.6) is 5.75 Å². The average Bonchev–Trinajstić information content (AvgIpc) is 3.60. The van der Waals surface area contributed by atoms with Crippen molar-refractivity contribution in [3.8, 4) is 5.75 Å². The van der Waals surface area contributed by atoms with Gasteiger partial charge in [0.2, 0.25) is 11.8 Å². The van der Waals surface area contributed by atoms with Crippen molar-refractivity contribution in [1.82, 2.24) is 15.2 Å². The maximum absolute atomic E-state index is 13.4. The van der Waals surface area contributed by atoms with Gasteiger partial charge < -0.3 is 14.5 Å². The molecule has 6 rings (SSSR count). The topological polar surface area (TPSA) is 93.4 Å². The maximum atomic E-state index is 13.4. The number of thiazole rings is 1. The number of hydrogen-bond donors (Lipinski definition) is 1. The van der Waals surface area contributed by atoms with Gasteiger partial charge in [-0.3, -0.25) is 9.69 Å². The van der Waals surface area contributed by atoms with Gasteiger partial charge in [-0.25, -0.2) is 4.98 Å². The molecule has 1 N–H and O–H groups in total. The predicted octanol–water partition coefficient (Wildman–Crippen LogP) is 7.18. The molecule has 8 nitrogen and oxygen atoms in total. The van der Waals surface area contributed by atoms with Crippen LogP contribution in [0.2, 0.25) is 0 Å². The van der Waals surface area contributed by atoms with Gasteiger partial charge in [-0.15, -0.1) is 21.5 Å². The average molecular weight is 574 g/mol. The van der Waals surface area contributed by atoms with Gasteiger partial charge in [-0.05, 0) is 55.5 Å². The van der Waals surface area contributed by atoms with Crippen LogP contribution in [0, 0.1) is 0 Å². The molecule has 0 atom stereocenters. The molecule has 39 heavy (non-hydrogen) atoms. The molecule has 1 amide bonds. The van der Waals surface area contributed by atoms with Gasteiger partial charge in [0.25, 0.3) is 5.22 Å². The predicted molar refractivity (Wildman–Crippen MR) is 155 cm³/mol. The number of aromatic nitrogens is 3. The third kappa shape index (κ3) is 5.80.